The average molecular weight is 1070 g/mol. The summed E-state index contributed by atoms with van der Waals surface area (Å²) in [4.78, 5) is 0. The van der Waals surface area contributed by atoms with Crippen LogP contribution in [0.3, 0.4) is 0 Å². The van der Waals surface area contributed by atoms with E-state index < -0.39 is 118 Å². The van der Waals surface area contributed by atoms with Crippen molar-refractivity contribution in [3.8, 4) is 0 Å². The molecule has 0 aromatic carbocycles. The molecule has 0 unspecified atom stereocenters. The van der Waals surface area contributed by atoms with Crippen molar-refractivity contribution in [3.05, 3.63) is 0 Å². The first-order valence-corrected chi connectivity index (χ1v) is 13.9. The molecule has 0 amide bonds. The molecule has 0 aromatic rings. The number of hydrogen-bond acceptors (Lipinski definition) is 0. The maximum atomic E-state index is 13.9. The lowest BCUT2D eigenvalue weighted by Crippen LogP contribution is -2.80. The third-order valence-electron chi connectivity index (χ3n) is 7.14. The summed E-state index contributed by atoms with van der Waals surface area (Å²) in [6.45, 7) is 0. The van der Waals surface area contributed by atoms with E-state index >= 15 is 0 Å². The van der Waals surface area contributed by atoms with Crippen molar-refractivity contribution in [3.63, 3.8) is 0 Å². The fraction of sp³-hybridized carbons (Fsp3) is 1.00. The van der Waals surface area contributed by atoms with Crippen molar-refractivity contribution in [2.24, 2.45) is 0 Å². The highest BCUT2D eigenvalue weighted by Gasteiger charge is 3.02. The first-order valence-electron chi connectivity index (χ1n) is 12.4. The van der Waals surface area contributed by atoms with Crippen LogP contribution in [0, 0.1) is 0 Å². The Balaban J connectivity index is 7.86. The number of halogens is 38. The average Bonchev–Trinajstić information content (AvgIpc) is 2.98. The van der Waals surface area contributed by atoms with E-state index in [1.807, 2.05) is 0 Å². The highest BCUT2D eigenvalue weighted by molar-refractivity contribution is 14.1. The molecule has 0 fully saturated rings. The summed E-state index contributed by atoms with van der Waals surface area (Å²) in [5, 5.41) is 0. The molecule has 0 radical (unpaired) electrons. The first-order chi connectivity index (χ1) is 24.3. The Morgan fingerprint density at radius 2 is 0.310 bits per heavy atom. The summed E-state index contributed by atoms with van der Waals surface area (Å²) in [5.41, 5.74) is 0. The summed E-state index contributed by atoms with van der Waals surface area (Å²) in [7, 11) is 0. The largest absolute Gasteiger partial charge is 0.460 e. The minimum Gasteiger partial charge on any atom is -0.200 e. The van der Waals surface area contributed by atoms with E-state index in [0.29, 0.717) is 22.6 Å². The van der Waals surface area contributed by atoms with Crippen LogP contribution < -0.4 is 0 Å². The molecule has 0 N–H and O–H groups in total. The van der Waals surface area contributed by atoms with E-state index in [0.717, 1.165) is 0 Å². The molecule has 350 valence electrons. The van der Waals surface area contributed by atoms with Crippen molar-refractivity contribution >= 4 is 22.6 Å². The summed E-state index contributed by atoms with van der Waals surface area (Å²) >= 11 is 0.458. The molecule has 0 rings (SSSR count). The van der Waals surface area contributed by atoms with Gasteiger partial charge < -0.3 is 0 Å². The normalized spacial score (nSPS) is 17.3. The number of alkyl halides is 38. The molecular weight excluding hydrogens is 1070 g/mol. The summed E-state index contributed by atoms with van der Waals surface area (Å²) in [5.74, 6) is -165. The Morgan fingerprint density at radius 3 is 0.431 bits per heavy atom. The molecule has 58 heavy (non-hydrogen) atoms. The number of rotatable bonds is 18. The van der Waals surface area contributed by atoms with Crippen LogP contribution in [0.5, 0.6) is 0 Å². The molecule has 0 spiro atoms. The summed E-state index contributed by atoms with van der Waals surface area (Å²) in [6, 6.07) is 0. The molecular formula is C20H4F37I. The second-order valence-electron chi connectivity index (χ2n) is 10.8. The SMILES string of the molecule is FC(F)(F)C(F)(F)C(F)(F)C(F)(F)C(F)(F)C(F)(F)C(F)(F)C(F)(F)C(F)(F)C(F)(F)C(F)(F)C(F)(F)C(F)(F)C(F)(F)C(F)(F)C(F)(F)C(F)(F)C(F)(F)CCI. The van der Waals surface area contributed by atoms with Crippen LogP contribution in [-0.2, 0) is 0 Å². The predicted molar refractivity (Wildman–Crippen MR) is 114 cm³/mol. The highest BCUT2D eigenvalue weighted by atomic mass is 127. The van der Waals surface area contributed by atoms with Crippen LogP contribution in [0.15, 0.2) is 0 Å². The lowest BCUT2D eigenvalue weighted by atomic mass is 9.82. The van der Waals surface area contributed by atoms with E-state index in [2.05, 4.69) is 0 Å². The van der Waals surface area contributed by atoms with Crippen LogP contribution in [0.2, 0.25) is 0 Å². The molecule has 0 aliphatic heterocycles. The van der Waals surface area contributed by atoms with E-state index in [1.54, 1.807) is 0 Å². The van der Waals surface area contributed by atoms with Gasteiger partial charge in [0.2, 0.25) is 0 Å². The van der Waals surface area contributed by atoms with Gasteiger partial charge >= 0.3 is 107 Å². The van der Waals surface area contributed by atoms with Gasteiger partial charge in [-0.2, -0.15) is 162 Å². The minimum atomic E-state index is -10.4. The van der Waals surface area contributed by atoms with Crippen LogP contribution in [0.4, 0.5) is 162 Å². The fourth-order valence-electron chi connectivity index (χ4n) is 3.44. The zero-order chi connectivity index (χ0) is 48.4. The smallest absolute Gasteiger partial charge is 0.200 e. The molecule has 0 heterocycles. The second kappa shape index (κ2) is 13.8. The maximum absolute atomic E-state index is 13.9. The van der Waals surface area contributed by atoms with Gasteiger partial charge in [0.1, 0.15) is 0 Å². The van der Waals surface area contributed by atoms with Gasteiger partial charge in [-0.15, -0.1) is 0 Å². The van der Waals surface area contributed by atoms with Crippen molar-refractivity contribution in [2.75, 3.05) is 4.43 Å². The van der Waals surface area contributed by atoms with Crippen LogP contribution in [0.25, 0.3) is 0 Å². The molecule has 0 bridgehead atoms. The zero-order valence-corrected chi connectivity index (χ0v) is 26.9. The molecule has 0 aromatic heterocycles. The summed E-state index contributed by atoms with van der Waals surface area (Å²) in [6.07, 6.45) is -11.4. The standard InChI is InChI=1S/C20H4F37I/c21-3(22,1-2-58)4(23,24)5(25,26)6(27,28)7(29,30)8(31,32)9(33,34)10(35,36)11(37,38)12(39,40)13(41,42)14(43,44)15(45,46)16(47,48)17(49,50)18(51,52)19(53,54)20(55,56)57/h1-2H2. The van der Waals surface area contributed by atoms with Gasteiger partial charge in [-0.3, -0.25) is 0 Å². The van der Waals surface area contributed by atoms with Gasteiger partial charge in [-0.1, -0.05) is 22.6 Å². The molecule has 0 saturated heterocycles. The lowest BCUT2D eigenvalue weighted by Gasteiger charge is -2.47. The predicted octanol–water partition coefficient (Wildman–Crippen LogP) is 13.2. The van der Waals surface area contributed by atoms with Crippen LogP contribution in [-0.4, -0.2) is 111 Å². The minimum absolute atomic E-state index is 0.458. The molecule has 0 atom stereocenters. The monoisotopic (exact) mass is 1070 g/mol. The van der Waals surface area contributed by atoms with Gasteiger partial charge in [0.15, 0.2) is 0 Å². The van der Waals surface area contributed by atoms with E-state index in [4.69, 9.17) is 0 Å². The van der Waals surface area contributed by atoms with Crippen molar-refractivity contribution in [2.45, 2.75) is 113 Å². The third kappa shape index (κ3) is 6.35. The maximum Gasteiger partial charge on any atom is 0.460 e. The van der Waals surface area contributed by atoms with E-state index in [-0.39, 0.29) is 0 Å². The molecule has 0 saturated carbocycles. The molecule has 0 aliphatic rings. The van der Waals surface area contributed by atoms with Gasteiger partial charge in [0.25, 0.3) is 0 Å². The van der Waals surface area contributed by atoms with E-state index in [9.17, 15) is 162 Å². The van der Waals surface area contributed by atoms with Gasteiger partial charge in [0.05, 0.1) is 0 Å². The molecule has 0 nitrogen and oxygen atoms in total. The Hall–Kier alpha value is -1.86. The van der Waals surface area contributed by atoms with Crippen LogP contribution in [0.1, 0.15) is 6.42 Å². The summed E-state index contributed by atoms with van der Waals surface area (Å²) < 4.78 is 499. The second-order valence-corrected chi connectivity index (χ2v) is 11.9. The van der Waals surface area contributed by atoms with Crippen molar-refractivity contribution in [1.29, 1.82) is 0 Å². The van der Waals surface area contributed by atoms with Crippen molar-refractivity contribution in [1.82, 2.24) is 0 Å². The Labute approximate surface area is 303 Å². The first kappa shape index (κ1) is 56.1. The quantitative estimate of drug-likeness (QED) is 0.0729. The Kier molecular flexibility index (Phi) is 13.4. The lowest BCUT2D eigenvalue weighted by molar-refractivity contribution is -0.493. The zero-order valence-electron chi connectivity index (χ0n) is 24.8. The van der Waals surface area contributed by atoms with Gasteiger partial charge in [0, 0.05) is 10.8 Å². The number of hydrogen-bond donors (Lipinski definition) is 0. The molecule has 0 aliphatic carbocycles. The highest BCUT2D eigenvalue weighted by Crippen LogP contribution is 2.70. The van der Waals surface area contributed by atoms with Crippen molar-refractivity contribution < 1.29 is 162 Å². The molecule has 38 heteroatoms. The fourth-order valence-corrected chi connectivity index (χ4v) is 4.12. The topological polar surface area (TPSA) is 0 Å². The van der Waals surface area contributed by atoms with Crippen LogP contribution >= 0.6 is 22.6 Å². The Bertz CT molecular complexity index is 1470. The van der Waals surface area contributed by atoms with Gasteiger partial charge in [-0.05, 0) is 0 Å². The van der Waals surface area contributed by atoms with E-state index in [1.165, 1.54) is 0 Å². The van der Waals surface area contributed by atoms with Gasteiger partial charge in [-0.25, -0.2) is 0 Å². The third-order valence-corrected chi connectivity index (χ3v) is 7.68. The Morgan fingerprint density at radius 1 is 0.190 bits per heavy atom.